The summed E-state index contributed by atoms with van der Waals surface area (Å²) in [4.78, 5) is 20.9. The Hall–Kier alpha value is -2.47. The van der Waals surface area contributed by atoms with Crippen LogP contribution in [0.4, 0.5) is 5.82 Å². The van der Waals surface area contributed by atoms with Gasteiger partial charge in [-0.3, -0.25) is 14.3 Å². The first kappa shape index (κ1) is 14.1. The minimum atomic E-state index is -0.0471. The number of carbonyl (C=O) groups is 1. The molecule has 0 bridgehead atoms. The highest BCUT2D eigenvalue weighted by molar-refractivity contribution is 9.10. The van der Waals surface area contributed by atoms with Crippen LogP contribution in [0.25, 0.3) is 5.69 Å². The van der Waals surface area contributed by atoms with Crippen molar-refractivity contribution in [2.75, 3.05) is 5.32 Å². The van der Waals surface area contributed by atoms with Crippen molar-refractivity contribution in [2.24, 2.45) is 0 Å². The van der Waals surface area contributed by atoms with Gasteiger partial charge in [0.2, 0.25) is 5.91 Å². The molecule has 5 nitrogen and oxygen atoms in total. The van der Waals surface area contributed by atoms with Gasteiger partial charge in [0, 0.05) is 23.0 Å². The van der Waals surface area contributed by atoms with Crippen molar-refractivity contribution >= 4 is 27.7 Å². The number of nitrogens with zero attached hydrogens (tertiary/aromatic N) is 3. The number of benzene rings is 1. The maximum absolute atomic E-state index is 12.2. The summed E-state index contributed by atoms with van der Waals surface area (Å²) in [5.41, 5.74) is 2.83. The van der Waals surface area contributed by atoms with Gasteiger partial charge >= 0.3 is 0 Å². The summed E-state index contributed by atoms with van der Waals surface area (Å²) in [5, 5.41) is 2.94. The van der Waals surface area contributed by atoms with Gasteiger partial charge < -0.3 is 5.32 Å². The monoisotopic (exact) mass is 368 g/mol. The van der Waals surface area contributed by atoms with E-state index in [1.54, 1.807) is 18.7 Å². The largest absolute Gasteiger partial charge is 0.310 e. The van der Waals surface area contributed by atoms with E-state index in [-0.39, 0.29) is 11.8 Å². The predicted molar refractivity (Wildman–Crippen MR) is 90.6 cm³/mol. The van der Waals surface area contributed by atoms with Gasteiger partial charge in [-0.25, -0.2) is 4.98 Å². The summed E-state index contributed by atoms with van der Waals surface area (Å²) >= 11 is 3.49. The zero-order valence-electron chi connectivity index (χ0n) is 12.1. The smallest absolute Gasteiger partial charge is 0.226 e. The van der Waals surface area contributed by atoms with Gasteiger partial charge in [-0.2, -0.15) is 0 Å². The standard InChI is InChI=1S/C17H13BrN4O/c18-12-4-1-3-11(7-12)14-8-15(23)21-17-16(14)20-10-22(17)13-5-2-6-19-9-13/h1-7,9-10,14H,8H2,(H,21,23). The number of nitrogens with one attached hydrogen (secondary N) is 1. The van der Waals surface area contributed by atoms with E-state index in [4.69, 9.17) is 0 Å². The Balaban J connectivity index is 1.83. The second-order valence-electron chi connectivity index (χ2n) is 5.42. The van der Waals surface area contributed by atoms with E-state index in [1.165, 1.54) is 0 Å². The molecule has 1 aliphatic heterocycles. The molecule has 1 N–H and O–H groups in total. The lowest BCUT2D eigenvalue weighted by atomic mass is 9.90. The van der Waals surface area contributed by atoms with Crippen LogP contribution in [0.1, 0.15) is 23.6 Å². The van der Waals surface area contributed by atoms with Crippen LogP contribution >= 0.6 is 15.9 Å². The Labute approximate surface area is 141 Å². The number of imidazole rings is 1. The van der Waals surface area contributed by atoms with E-state index < -0.39 is 0 Å². The van der Waals surface area contributed by atoms with Crippen molar-refractivity contribution in [3.05, 3.63) is 70.8 Å². The molecular formula is C17H13BrN4O. The Morgan fingerprint density at radius 1 is 1.26 bits per heavy atom. The zero-order chi connectivity index (χ0) is 15.8. The van der Waals surface area contributed by atoms with Gasteiger partial charge in [0.25, 0.3) is 0 Å². The fourth-order valence-electron chi connectivity index (χ4n) is 2.90. The lowest BCUT2D eigenvalue weighted by Crippen LogP contribution is -2.24. The molecule has 3 heterocycles. The second-order valence-corrected chi connectivity index (χ2v) is 6.34. The minimum Gasteiger partial charge on any atom is -0.310 e. The molecule has 1 atom stereocenters. The number of hydrogen-bond acceptors (Lipinski definition) is 3. The van der Waals surface area contributed by atoms with E-state index in [0.717, 1.165) is 27.2 Å². The van der Waals surface area contributed by atoms with Gasteiger partial charge in [-0.05, 0) is 29.8 Å². The van der Waals surface area contributed by atoms with Crippen LogP contribution in [0, 0.1) is 0 Å². The van der Waals surface area contributed by atoms with Crippen LogP contribution in [0.3, 0.4) is 0 Å². The van der Waals surface area contributed by atoms with E-state index >= 15 is 0 Å². The molecule has 3 aromatic rings. The van der Waals surface area contributed by atoms with Crippen molar-refractivity contribution in [2.45, 2.75) is 12.3 Å². The second kappa shape index (κ2) is 5.62. The topological polar surface area (TPSA) is 59.8 Å². The maximum Gasteiger partial charge on any atom is 0.226 e. The molecular weight excluding hydrogens is 356 g/mol. The van der Waals surface area contributed by atoms with Crippen LogP contribution < -0.4 is 5.32 Å². The molecule has 1 amide bonds. The number of anilines is 1. The lowest BCUT2D eigenvalue weighted by molar-refractivity contribution is -0.116. The molecule has 6 heteroatoms. The molecule has 1 unspecified atom stereocenters. The van der Waals surface area contributed by atoms with E-state index in [9.17, 15) is 4.79 Å². The average Bonchev–Trinajstić information content (AvgIpc) is 2.98. The number of pyridine rings is 1. The van der Waals surface area contributed by atoms with Crippen LogP contribution in [-0.2, 0) is 4.79 Å². The Bertz CT molecular complexity index is 875. The summed E-state index contributed by atoms with van der Waals surface area (Å²) in [6, 6.07) is 11.8. The van der Waals surface area contributed by atoms with Gasteiger partial charge in [0.1, 0.15) is 12.1 Å². The summed E-state index contributed by atoms with van der Waals surface area (Å²) in [6.45, 7) is 0. The summed E-state index contributed by atoms with van der Waals surface area (Å²) in [7, 11) is 0. The number of halogens is 1. The third-order valence-corrected chi connectivity index (χ3v) is 4.44. The highest BCUT2D eigenvalue weighted by Gasteiger charge is 2.31. The third-order valence-electron chi connectivity index (χ3n) is 3.95. The molecule has 23 heavy (non-hydrogen) atoms. The number of hydrogen-bond donors (Lipinski definition) is 1. The first-order valence-electron chi connectivity index (χ1n) is 7.25. The summed E-state index contributed by atoms with van der Waals surface area (Å²) in [6.07, 6.45) is 5.60. The SMILES string of the molecule is O=C1CC(c2cccc(Br)c2)c2ncn(-c3cccnc3)c2N1. The first-order chi connectivity index (χ1) is 11.2. The summed E-state index contributed by atoms with van der Waals surface area (Å²) < 4.78 is 2.86. The van der Waals surface area contributed by atoms with Crippen LogP contribution in [0.15, 0.2) is 59.6 Å². The van der Waals surface area contributed by atoms with E-state index in [0.29, 0.717) is 6.42 Å². The Morgan fingerprint density at radius 2 is 2.17 bits per heavy atom. The highest BCUT2D eigenvalue weighted by atomic mass is 79.9. The molecule has 0 radical (unpaired) electrons. The molecule has 0 saturated carbocycles. The Kier molecular flexibility index (Phi) is 3.46. The zero-order valence-corrected chi connectivity index (χ0v) is 13.7. The quantitative estimate of drug-likeness (QED) is 0.752. The third kappa shape index (κ3) is 2.55. The molecule has 0 fully saturated rings. The average molecular weight is 369 g/mol. The van der Waals surface area contributed by atoms with Crippen molar-refractivity contribution < 1.29 is 4.79 Å². The molecule has 114 valence electrons. The van der Waals surface area contributed by atoms with Gasteiger partial charge in [0.15, 0.2) is 0 Å². The van der Waals surface area contributed by atoms with Crippen molar-refractivity contribution in [3.8, 4) is 5.69 Å². The first-order valence-corrected chi connectivity index (χ1v) is 8.04. The van der Waals surface area contributed by atoms with E-state index in [2.05, 4.69) is 31.2 Å². The number of amides is 1. The number of carbonyl (C=O) groups excluding carboxylic acids is 1. The number of fused-ring (bicyclic) bond motifs is 1. The highest BCUT2D eigenvalue weighted by Crippen LogP contribution is 2.37. The minimum absolute atomic E-state index is 0.00637. The van der Waals surface area contributed by atoms with Crippen LogP contribution in [0.5, 0.6) is 0 Å². The van der Waals surface area contributed by atoms with Gasteiger partial charge in [0.05, 0.1) is 17.6 Å². The normalized spacial score (nSPS) is 16.7. The van der Waals surface area contributed by atoms with Crippen molar-refractivity contribution in [3.63, 3.8) is 0 Å². The van der Waals surface area contributed by atoms with Crippen LogP contribution in [-0.4, -0.2) is 20.4 Å². The molecule has 0 aliphatic carbocycles. The predicted octanol–water partition coefficient (Wildman–Crippen LogP) is 3.50. The fourth-order valence-corrected chi connectivity index (χ4v) is 3.31. The molecule has 2 aromatic heterocycles. The lowest BCUT2D eigenvalue weighted by Gasteiger charge is -2.23. The molecule has 0 saturated heterocycles. The number of aromatic nitrogens is 3. The maximum atomic E-state index is 12.2. The molecule has 1 aromatic carbocycles. The summed E-state index contributed by atoms with van der Waals surface area (Å²) in [5.74, 6) is 0.668. The molecule has 1 aliphatic rings. The number of rotatable bonds is 2. The molecule has 0 spiro atoms. The van der Waals surface area contributed by atoms with Crippen LogP contribution in [0.2, 0.25) is 0 Å². The fraction of sp³-hybridized carbons (Fsp3) is 0.118. The Morgan fingerprint density at radius 3 is 2.96 bits per heavy atom. The molecule has 4 rings (SSSR count). The van der Waals surface area contributed by atoms with Crippen molar-refractivity contribution in [1.29, 1.82) is 0 Å². The van der Waals surface area contributed by atoms with Gasteiger partial charge in [-0.1, -0.05) is 28.1 Å². The van der Waals surface area contributed by atoms with Gasteiger partial charge in [-0.15, -0.1) is 0 Å². The van der Waals surface area contributed by atoms with E-state index in [1.807, 2.05) is 41.0 Å². The van der Waals surface area contributed by atoms with Crippen molar-refractivity contribution in [1.82, 2.24) is 14.5 Å².